The largest absolute Gasteiger partial charge is 0.497 e. The number of allylic oxidation sites excluding steroid dienone is 2. The van der Waals surface area contributed by atoms with Crippen molar-refractivity contribution >= 4 is 13.4 Å². The fraction of sp³-hybridized carbons (Fsp3) is 0.320. The zero-order valence-corrected chi connectivity index (χ0v) is 19.7. The SMILES string of the molecule is CCOP(=O)(/C=C/C1=CN(Cc2ccccc2)C(c2ccc(OC)cc2)CC1=O)OCC. The number of rotatable bonds is 10. The predicted molar refractivity (Wildman–Crippen MR) is 125 cm³/mol. The molecule has 0 N–H and O–H groups in total. The molecule has 7 heteroatoms. The Morgan fingerprint density at radius 3 is 2.28 bits per heavy atom. The van der Waals surface area contributed by atoms with Crippen molar-refractivity contribution in [1.29, 1.82) is 0 Å². The topological polar surface area (TPSA) is 65.1 Å². The second-order valence-electron chi connectivity index (χ2n) is 7.35. The molecule has 0 fully saturated rings. The molecular weight excluding hydrogens is 425 g/mol. The van der Waals surface area contributed by atoms with Crippen molar-refractivity contribution < 1.29 is 23.1 Å². The minimum absolute atomic E-state index is 0.0223. The van der Waals surface area contributed by atoms with Crippen molar-refractivity contribution in [3.63, 3.8) is 0 Å². The number of methoxy groups -OCH3 is 1. The molecule has 6 nitrogen and oxygen atoms in total. The Kier molecular flexibility index (Phi) is 8.46. The fourth-order valence-electron chi connectivity index (χ4n) is 3.63. The van der Waals surface area contributed by atoms with E-state index in [0.29, 0.717) is 18.5 Å². The number of benzene rings is 2. The van der Waals surface area contributed by atoms with Gasteiger partial charge in [0, 0.05) is 30.6 Å². The van der Waals surface area contributed by atoms with Gasteiger partial charge in [0.15, 0.2) is 5.78 Å². The van der Waals surface area contributed by atoms with Gasteiger partial charge in [0.05, 0.1) is 26.4 Å². The third-order valence-corrected chi connectivity index (χ3v) is 6.92. The highest BCUT2D eigenvalue weighted by Gasteiger charge is 2.29. The second-order valence-corrected chi connectivity index (χ2v) is 9.24. The van der Waals surface area contributed by atoms with Gasteiger partial charge in [-0.1, -0.05) is 42.5 Å². The molecule has 1 atom stereocenters. The van der Waals surface area contributed by atoms with Crippen LogP contribution < -0.4 is 4.74 Å². The number of Topliss-reactive ketones (excluding diaryl/α,β-unsaturated/α-hetero) is 1. The van der Waals surface area contributed by atoms with Gasteiger partial charge in [-0.25, -0.2) is 0 Å². The average Bonchev–Trinajstić information content (AvgIpc) is 2.80. The standard InChI is InChI=1S/C25H30NO5P/c1-4-30-32(28,31-5-2)16-15-22-19-26(18-20-9-7-6-8-10-20)24(17-25(22)27)21-11-13-23(29-3)14-12-21/h6-16,19,24H,4-5,17-18H2,1-3H3/b16-15+. The number of ether oxygens (including phenoxy) is 1. The van der Waals surface area contributed by atoms with E-state index in [1.807, 2.05) is 48.7 Å². The van der Waals surface area contributed by atoms with Crippen LogP contribution in [0.2, 0.25) is 0 Å². The van der Waals surface area contributed by atoms with Gasteiger partial charge < -0.3 is 18.7 Å². The summed E-state index contributed by atoms with van der Waals surface area (Å²) in [6.45, 7) is 4.66. The average molecular weight is 455 g/mol. The van der Waals surface area contributed by atoms with Crippen molar-refractivity contribution in [2.45, 2.75) is 32.9 Å². The molecule has 0 amide bonds. The third-order valence-electron chi connectivity index (χ3n) is 5.17. The minimum Gasteiger partial charge on any atom is -0.497 e. The predicted octanol–water partition coefficient (Wildman–Crippen LogP) is 5.88. The molecular formula is C25H30NO5P. The van der Waals surface area contributed by atoms with Crippen LogP contribution in [0.5, 0.6) is 5.75 Å². The molecule has 2 aromatic carbocycles. The molecule has 2 aromatic rings. The number of nitrogens with zero attached hydrogens (tertiary/aromatic N) is 1. The first-order valence-corrected chi connectivity index (χ1v) is 12.4. The van der Waals surface area contributed by atoms with Crippen molar-refractivity contribution in [3.8, 4) is 5.75 Å². The maximum atomic E-state index is 13.0. The molecule has 1 heterocycles. The van der Waals surface area contributed by atoms with Crippen LogP contribution in [-0.2, 0) is 25.0 Å². The van der Waals surface area contributed by atoms with E-state index in [1.165, 1.54) is 5.82 Å². The normalized spacial score (nSPS) is 17.0. The first-order valence-electron chi connectivity index (χ1n) is 10.7. The Morgan fingerprint density at radius 2 is 1.69 bits per heavy atom. The summed E-state index contributed by atoms with van der Waals surface area (Å²) in [5.74, 6) is 2.14. The molecule has 1 aliphatic rings. The zero-order valence-electron chi connectivity index (χ0n) is 18.8. The molecule has 0 spiro atoms. The summed E-state index contributed by atoms with van der Waals surface area (Å²) in [5.41, 5.74) is 2.64. The minimum atomic E-state index is -3.39. The van der Waals surface area contributed by atoms with Crippen LogP contribution >= 0.6 is 7.60 Å². The van der Waals surface area contributed by atoms with Gasteiger partial charge in [-0.05, 0) is 43.2 Å². The van der Waals surface area contributed by atoms with Gasteiger partial charge >= 0.3 is 7.60 Å². The quantitative estimate of drug-likeness (QED) is 0.417. The summed E-state index contributed by atoms with van der Waals surface area (Å²) >= 11 is 0. The lowest BCUT2D eigenvalue weighted by molar-refractivity contribution is -0.117. The first kappa shape index (κ1) is 24.0. The van der Waals surface area contributed by atoms with Crippen LogP contribution in [0, 0.1) is 0 Å². The van der Waals surface area contributed by atoms with E-state index >= 15 is 0 Å². The Hall–Kier alpha value is -2.66. The smallest absolute Gasteiger partial charge is 0.354 e. The number of hydrogen-bond acceptors (Lipinski definition) is 6. The molecule has 0 aromatic heterocycles. The van der Waals surface area contributed by atoms with E-state index in [2.05, 4.69) is 17.0 Å². The second kappa shape index (κ2) is 11.3. The first-order chi connectivity index (χ1) is 15.5. The Labute approximate surface area is 190 Å². The van der Waals surface area contributed by atoms with Gasteiger partial charge in [-0.15, -0.1) is 0 Å². The van der Waals surface area contributed by atoms with Crippen molar-refractivity contribution in [3.05, 3.63) is 89.4 Å². The van der Waals surface area contributed by atoms with E-state index in [0.717, 1.165) is 16.9 Å². The number of carbonyl (C=O) groups excluding carboxylic acids is 1. The van der Waals surface area contributed by atoms with Crippen LogP contribution in [0.15, 0.2) is 78.3 Å². The highest BCUT2D eigenvalue weighted by atomic mass is 31.2. The Bertz CT molecular complexity index is 991. The highest BCUT2D eigenvalue weighted by molar-refractivity contribution is 7.57. The van der Waals surface area contributed by atoms with Crippen LogP contribution in [0.1, 0.15) is 37.4 Å². The fourth-order valence-corrected chi connectivity index (χ4v) is 4.94. The molecule has 1 aliphatic heterocycles. The molecule has 0 bridgehead atoms. The maximum Gasteiger partial charge on any atom is 0.354 e. The molecule has 0 aliphatic carbocycles. The zero-order chi connectivity index (χ0) is 23.0. The number of carbonyl (C=O) groups is 1. The number of hydrogen-bond donors (Lipinski definition) is 0. The van der Waals surface area contributed by atoms with E-state index in [1.54, 1.807) is 27.0 Å². The molecule has 0 radical (unpaired) electrons. The van der Waals surface area contributed by atoms with Crippen molar-refractivity contribution in [2.75, 3.05) is 20.3 Å². The lowest BCUT2D eigenvalue weighted by Crippen LogP contribution is -2.31. The monoisotopic (exact) mass is 455 g/mol. The summed E-state index contributed by atoms with van der Waals surface area (Å²) in [6, 6.07) is 17.8. The molecule has 0 saturated carbocycles. The van der Waals surface area contributed by atoms with Gasteiger partial charge in [0.2, 0.25) is 0 Å². The summed E-state index contributed by atoms with van der Waals surface area (Å²) in [7, 11) is -1.76. The number of ketones is 1. The molecule has 0 saturated heterocycles. The van der Waals surface area contributed by atoms with E-state index in [-0.39, 0.29) is 25.0 Å². The van der Waals surface area contributed by atoms with E-state index in [9.17, 15) is 9.36 Å². The van der Waals surface area contributed by atoms with Gasteiger partial charge in [0.25, 0.3) is 0 Å². The highest BCUT2D eigenvalue weighted by Crippen LogP contribution is 2.50. The maximum absolute atomic E-state index is 13.0. The molecule has 1 unspecified atom stereocenters. The lowest BCUT2D eigenvalue weighted by atomic mass is 9.93. The third kappa shape index (κ3) is 6.19. The van der Waals surface area contributed by atoms with Gasteiger partial charge in [-0.2, -0.15) is 0 Å². The summed E-state index contributed by atoms with van der Waals surface area (Å²) in [6.07, 6.45) is 3.71. The Morgan fingerprint density at radius 1 is 1.03 bits per heavy atom. The van der Waals surface area contributed by atoms with Crippen LogP contribution in [0.25, 0.3) is 0 Å². The van der Waals surface area contributed by atoms with E-state index < -0.39 is 7.60 Å². The van der Waals surface area contributed by atoms with Crippen LogP contribution in [0.3, 0.4) is 0 Å². The van der Waals surface area contributed by atoms with E-state index in [4.69, 9.17) is 13.8 Å². The van der Waals surface area contributed by atoms with Gasteiger partial charge in [-0.3, -0.25) is 9.36 Å². The molecule has 32 heavy (non-hydrogen) atoms. The summed E-state index contributed by atoms with van der Waals surface area (Å²) < 4.78 is 28.7. The Balaban J connectivity index is 1.93. The molecule has 3 rings (SSSR count). The van der Waals surface area contributed by atoms with Gasteiger partial charge in [0.1, 0.15) is 5.75 Å². The van der Waals surface area contributed by atoms with Crippen molar-refractivity contribution in [1.82, 2.24) is 4.90 Å². The summed E-state index contributed by atoms with van der Waals surface area (Å²) in [4.78, 5) is 15.1. The summed E-state index contributed by atoms with van der Waals surface area (Å²) in [5, 5.41) is 0. The molecule has 170 valence electrons. The van der Waals surface area contributed by atoms with Crippen LogP contribution in [0.4, 0.5) is 0 Å². The van der Waals surface area contributed by atoms with Crippen molar-refractivity contribution in [2.24, 2.45) is 0 Å². The lowest BCUT2D eigenvalue weighted by Gasteiger charge is -2.35. The van der Waals surface area contributed by atoms with Crippen LogP contribution in [-0.4, -0.2) is 31.0 Å².